The van der Waals surface area contributed by atoms with E-state index in [1.807, 2.05) is 31.2 Å². The van der Waals surface area contributed by atoms with Gasteiger partial charge in [-0.25, -0.2) is 4.79 Å². The Kier molecular flexibility index (Phi) is 8.35. The Hall–Kier alpha value is -2.51. The second kappa shape index (κ2) is 10.7. The summed E-state index contributed by atoms with van der Waals surface area (Å²) in [5, 5.41) is 6.89. The van der Waals surface area contributed by atoms with Crippen LogP contribution in [-0.2, 0) is 4.74 Å². The van der Waals surface area contributed by atoms with Crippen LogP contribution < -0.4 is 20.1 Å². The van der Waals surface area contributed by atoms with Gasteiger partial charge in [0.1, 0.15) is 18.1 Å². The minimum absolute atomic E-state index is 0.0427. The van der Waals surface area contributed by atoms with E-state index < -0.39 is 5.97 Å². The van der Waals surface area contributed by atoms with Crippen molar-refractivity contribution < 1.29 is 19.0 Å². The van der Waals surface area contributed by atoms with Gasteiger partial charge in [-0.05, 0) is 68.5 Å². The molecule has 0 saturated carbocycles. The maximum absolute atomic E-state index is 11.9. The molecule has 0 heterocycles. The van der Waals surface area contributed by atoms with Crippen LogP contribution in [0.4, 0.5) is 5.69 Å². The van der Waals surface area contributed by atoms with Crippen molar-refractivity contribution >= 4 is 40.6 Å². The smallest absolute Gasteiger partial charge is 0.339 e. The predicted molar refractivity (Wildman–Crippen MR) is 115 cm³/mol. The molecule has 0 radical (unpaired) electrons. The van der Waals surface area contributed by atoms with E-state index in [9.17, 15) is 4.79 Å². The number of esters is 1. The molecule has 0 fully saturated rings. The van der Waals surface area contributed by atoms with Crippen LogP contribution in [0.3, 0.4) is 0 Å². The van der Waals surface area contributed by atoms with Crippen LogP contribution in [0.25, 0.3) is 0 Å². The minimum atomic E-state index is -0.476. The maximum atomic E-state index is 11.9. The Morgan fingerprint density at radius 3 is 2.50 bits per heavy atom. The van der Waals surface area contributed by atoms with Crippen molar-refractivity contribution in [1.82, 2.24) is 5.32 Å². The highest BCUT2D eigenvalue weighted by atomic mass is 35.5. The number of anilines is 1. The topological polar surface area (TPSA) is 68.8 Å². The third kappa shape index (κ3) is 6.58. The molecule has 0 aliphatic heterocycles. The summed E-state index contributed by atoms with van der Waals surface area (Å²) >= 11 is 11.4. The van der Waals surface area contributed by atoms with Gasteiger partial charge in [0.25, 0.3) is 0 Å². The first-order valence-electron chi connectivity index (χ1n) is 8.74. The molecule has 6 nitrogen and oxygen atoms in total. The second-order valence-electron chi connectivity index (χ2n) is 5.90. The summed E-state index contributed by atoms with van der Waals surface area (Å²) in [5.74, 6) is 1.04. The molecule has 2 N–H and O–H groups in total. The fourth-order valence-corrected chi connectivity index (χ4v) is 2.81. The number of methoxy groups -OCH3 is 1. The molecular weight excluding hydrogens is 400 g/mol. The number of thiocarbonyl (C=S) groups is 1. The highest BCUT2D eigenvalue weighted by molar-refractivity contribution is 7.80. The molecule has 1 unspecified atom stereocenters. The molecule has 0 aromatic heterocycles. The lowest BCUT2D eigenvalue weighted by atomic mass is 10.2. The van der Waals surface area contributed by atoms with Gasteiger partial charge in [-0.2, -0.15) is 0 Å². The highest BCUT2D eigenvalue weighted by Crippen LogP contribution is 2.21. The van der Waals surface area contributed by atoms with Crippen molar-refractivity contribution in [3.05, 3.63) is 53.1 Å². The van der Waals surface area contributed by atoms with Gasteiger partial charge in [0, 0.05) is 5.69 Å². The van der Waals surface area contributed by atoms with E-state index in [1.54, 1.807) is 32.2 Å². The van der Waals surface area contributed by atoms with Gasteiger partial charge in [-0.15, -0.1) is 0 Å². The molecule has 1 atom stereocenters. The van der Waals surface area contributed by atoms with Gasteiger partial charge in [0.2, 0.25) is 0 Å². The standard InChI is InChI=1S/C20H23ClN2O4S/c1-4-26-19(24)17-11-14(5-10-18(17)21)23-20(28)22-13(2)12-27-16-8-6-15(25-3)7-9-16/h5-11,13H,4,12H2,1-3H3,(H2,22,23,28). The lowest BCUT2D eigenvalue weighted by molar-refractivity contribution is 0.0526. The Morgan fingerprint density at radius 2 is 1.86 bits per heavy atom. The molecule has 0 aliphatic carbocycles. The molecule has 0 amide bonds. The van der Waals surface area contributed by atoms with Gasteiger partial charge in [0.05, 0.1) is 30.3 Å². The van der Waals surface area contributed by atoms with Crippen LogP contribution in [0.1, 0.15) is 24.2 Å². The summed E-state index contributed by atoms with van der Waals surface area (Å²) in [6.07, 6.45) is 0. The van der Waals surface area contributed by atoms with Crippen LogP contribution in [-0.4, -0.2) is 37.4 Å². The summed E-state index contributed by atoms with van der Waals surface area (Å²) in [6.45, 7) is 4.38. The van der Waals surface area contributed by atoms with E-state index in [0.29, 0.717) is 22.4 Å². The number of carbonyl (C=O) groups is 1. The molecule has 0 spiro atoms. The molecule has 2 rings (SSSR count). The van der Waals surface area contributed by atoms with E-state index >= 15 is 0 Å². The average molecular weight is 423 g/mol. The fourth-order valence-electron chi connectivity index (χ4n) is 2.29. The van der Waals surface area contributed by atoms with Crippen molar-refractivity contribution in [2.45, 2.75) is 19.9 Å². The predicted octanol–water partition coefficient (Wildman–Crippen LogP) is 4.28. The molecule has 8 heteroatoms. The third-order valence-electron chi connectivity index (χ3n) is 3.66. The second-order valence-corrected chi connectivity index (χ2v) is 6.72. The molecule has 2 aromatic carbocycles. The molecule has 28 heavy (non-hydrogen) atoms. The van der Waals surface area contributed by atoms with Crippen LogP contribution in [0.15, 0.2) is 42.5 Å². The number of carbonyl (C=O) groups excluding carboxylic acids is 1. The Labute approximate surface area is 175 Å². The zero-order valence-corrected chi connectivity index (χ0v) is 17.5. The number of halogens is 1. The Balaban J connectivity index is 1.87. The van der Waals surface area contributed by atoms with E-state index in [-0.39, 0.29) is 18.2 Å². The molecule has 0 saturated heterocycles. The van der Waals surface area contributed by atoms with Crippen molar-refractivity contribution in [1.29, 1.82) is 0 Å². The first kappa shape index (κ1) is 21.8. The number of nitrogens with one attached hydrogen (secondary N) is 2. The number of ether oxygens (including phenoxy) is 3. The summed E-state index contributed by atoms with van der Waals surface area (Å²) in [4.78, 5) is 11.9. The number of hydrogen-bond acceptors (Lipinski definition) is 5. The molecule has 2 aromatic rings. The van der Waals surface area contributed by atoms with Gasteiger partial charge < -0.3 is 24.8 Å². The van der Waals surface area contributed by atoms with Crippen LogP contribution in [0.5, 0.6) is 11.5 Å². The summed E-state index contributed by atoms with van der Waals surface area (Å²) < 4.78 is 15.8. The average Bonchev–Trinajstić information content (AvgIpc) is 2.68. The molecule has 150 valence electrons. The van der Waals surface area contributed by atoms with E-state index in [2.05, 4.69) is 10.6 Å². The number of hydrogen-bond donors (Lipinski definition) is 2. The van der Waals surface area contributed by atoms with Gasteiger partial charge >= 0.3 is 5.97 Å². The van der Waals surface area contributed by atoms with Crippen LogP contribution in [0, 0.1) is 0 Å². The largest absolute Gasteiger partial charge is 0.497 e. The summed E-state index contributed by atoms with van der Waals surface area (Å²) in [7, 11) is 1.62. The Bertz CT molecular complexity index is 814. The highest BCUT2D eigenvalue weighted by Gasteiger charge is 2.13. The lowest BCUT2D eigenvalue weighted by Crippen LogP contribution is -2.39. The van der Waals surface area contributed by atoms with Crippen LogP contribution in [0.2, 0.25) is 5.02 Å². The van der Waals surface area contributed by atoms with Crippen molar-refractivity contribution in [3.8, 4) is 11.5 Å². The number of benzene rings is 2. The minimum Gasteiger partial charge on any atom is -0.497 e. The van der Waals surface area contributed by atoms with E-state index in [4.69, 9.17) is 38.0 Å². The van der Waals surface area contributed by atoms with Crippen molar-refractivity contribution in [2.24, 2.45) is 0 Å². The third-order valence-corrected chi connectivity index (χ3v) is 4.21. The molecule has 0 bridgehead atoms. The number of rotatable bonds is 8. The van der Waals surface area contributed by atoms with E-state index in [1.165, 1.54) is 0 Å². The fraction of sp³-hybridized carbons (Fsp3) is 0.300. The quantitative estimate of drug-likeness (QED) is 0.486. The van der Waals surface area contributed by atoms with Gasteiger partial charge in [-0.3, -0.25) is 0 Å². The summed E-state index contributed by atoms with van der Waals surface area (Å²) in [5.41, 5.74) is 0.917. The van der Waals surface area contributed by atoms with Crippen LogP contribution >= 0.6 is 23.8 Å². The molecular formula is C20H23ClN2O4S. The van der Waals surface area contributed by atoms with E-state index in [0.717, 1.165) is 11.5 Å². The Morgan fingerprint density at radius 1 is 1.18 bits per heavy atom. The van der Waals surface area contributed by atoms with Gasteiger partial charge in [0.15, 0.2) is 5.11 Å². The monoisotopic (exact) mass is 422 g/mol. The van der Waals surface area contributed by atoms with Gasteiger partial charge in [-0.1, -0.05) is 11.6 Å². The van der Waals surface area contributed by atoms with Crippen molar-refractivity contribution in [3.63, 3.8) is 0 Å². The summed E-state index contributed by atoms with van der Waals surface area (Å²) in [6, 6.07) is 12.3. The maximum Gasteiger partial charge on any atom is 0.339 e. The zero-order chi connectivity index (χ0) is 20.5. The SMILES string of the molecule is CCOC(=O)c1cc(NC(=S)NC(C)COc2ccc(OC)cc2)ccc1Cl. The first-order valence-corrected chi connectivity index (χ1v) is 9.52. The lowest BCUT2D eigenvalue weighted by Gasteiger charge is -2.18. The zero-order valence-electron chi connectivity index (χ0n) is 16.0. The molecule has 0 aliphatic rings. The first-order chi connectivity index (χ1) is 13.4. The normalized spacial score (nSPS) is 11.3. The van der Waals surface area contributed by atoms with Crippen molar-refractivity contribution in [2.75, 3.05) is 25.6 Å².